The molecule has 2 heterocycles. The van der Waals surface area contributed by atoms with Gasteiger partial charge in [0.25, 0.3) is 0 Å². The van der Waals surface area contributed by atoms with Crippen molar-refractivity contribution in [2.24, 2.45) is 5.92 Å². The highest BCUT2D eigenvalue weighted by Crippen LogP contribution is 2.45. The average Bonchev–Trinajstić information content (AvgIpc) is 3.35. The summed E-state index contributed by atoms with van der Waals surface area (Å²) in [4.78, 5) is 2.25. The second-order valence-corrected chi connectivity index (χ2v) is 9.44. The first-order valence-electron chi connectivity index (χ1n) is 10.4. The molecule has 0 radical (unpaired) electrons. The zero-order valence-electron chi connectivity index (χ0n) is 17.6. The molecule has 0 aromatic heterocycles. The lowest BCUT2D eigenvalue weighted by Crippen LogP contribution is -2.53. The van der Waals surface area contributed by atoms with Crippen LogP contribution in [0.2, 0.25) is 0 Å². The highest BCUT2D eigenvalue weighted by atomic mass is 19.1. The van der Waals surface area contributed by atoms with E-state index in [1.54, 1.807) is 0 Å². The predicted octanol–water partition coefficient (Wildman–Crippen LogP) is 3.42. The van der Waals surface area contributed by atoms with Crippen LogP contribution in [0.1, 0.15) is 50.8 Å². The molecule has 0 amide bonds. The Morgan fingerprint density at radius 3 is 2.62 bits per heavy atom. The van der Waals surface area contributed by atoms with E-state index >= 15 is 4.39 Å². The number of halogens is 2. The lowest BCUT2D eigenvalue weighted by molar-refractivity contribution is -0.149. The Balaban J connectivity index is 1.57. The molecular weight excluding hydrogens is 380 g/mol. The number of benzene rings is 1. The predicted molar refractivity (Wildman–Crippen MR) is 105 cm³/mol. The lowest BCUT2D eigenvalue weighted by Gasteiger charge is -2.46. The van der Waals surface area contributed by atoms with Crippen LogP contribution < -0.4 is 9.47 Å². The van der Waals surface area contributed by atoms with Gasteiger partial charge in [0.05, 0.1) is 31.5 Å². The number of nitrogens with zero attached hydrogens (tertiary/aromatic N) is 1. The number of fused-ring (bicyclic) bond motifs is 3. The smallest absolute Gasteiger partial charge is 0.197 e. The average molecular weight is 411 g/mol. The fraction of sp³-hybridized carbons (Fsp3) is 0.727. The Labute approximate surface area is 170 Å². The van der Waals surface area contributed by atoms with E-state index in [0.717, 1.165) is 5.56 Å². The SMILES string of the molecule is COc1cc2c(c(F)c1OC[C@H]1C[C@H]1F)CCN1C[C@@H](OC(C)(C)C)[C@H](O)C[C@H]21. The molecular formula is C22H31F2NO4. The van der Waals surface area contributed by atoms with Crippen LogP contribution >= 0.6 is 0 Å². The summed E-state index contributed by atoms with van der Waals surface area (Å²) in [5.41, 5.74) is 1.10. The van der Waals surface area contributed by atoms with Gasteiger partial charge < -0.3 is 19.3 Å². The number of aliphatic hydroxyl groups excluding tert-OH is 1. The molecule has 0 unspecified atom stereocenters. The normalized spacial score (nSPS) is 31.8. The van der Waals surface area contributed by atoms with Crippen molar-refractivity contribution < 1.29 is 28.1 Å². The Bertz CT molecular complexity index is 766. The van der Waals surface area contributed by atoms with E-state index in [9.17, 15) is 9.50 Å². The molecule has 7 heteroatoms. The van der Waals surface area contributed by atoms with Gasteiger partial charge in [0, 0.05) is 25.0 Å². The van der Waals surface area contributed by atoms with Crippen LogP contribution in [0, 0.1) is 11.7 Å². The van der Waals surface area contributed by atoms with Crippen molar-refractivity contribution in [1.82, 2.24) is 4.90 Å². The molecule has 0 spiro atoms. The van der Waals surface area contributed by atoms with Crippen molar-refractivity contribution in [3.8, 4) is 11.5 Å². The third-order valence-electron chi connectivity index (χ3n) is 6.08. The van der Waals surface area contributed by atoms with E-state index in [1.807, 2.05) is 26.8 Å². The minimum Gasteiger partial charge on any atom is -0.493 e. The molecule has 1 saturated carbocycles. The fourth-order valence-electron chi connectivity index (χ4n) is 4.48. The van der Waals surface area contributed by atoms with Crippen molar-refractivity contribution in [3.63, 3.8) is 0 Å². The van der Waals surface area contributed by atoms with Gasteiger partial charge in [-0.1, -0.05) is 0 Å². The first-order chi connectivity index (χ1) is 13.7. The van der Waals surface area contributed by atoms with Crippen molar-refractivity contribution in [2.75, 3.05) is 26.8 Å². The van der Waals surface area contributed by atoms with Crippen LogP contribution in [-0.4, -0.2) is 60.8 Å². The molecule has 1 saturated heterocycles. The molecule has 1 N–H and O–H groups in total. The minimum absolute atomic E-state index is 0.0732. The van der Waals surface area contributed by atoms with E-state index in [1.165, 1.54) is 7.11 Å². The molecule has 5 nitrogen and oxygen atoms in total. The summed E-state index contributed by atoms with van der Waals surface area (Å²) in [6.07, 6.45) is -0.241. The van der Waals surface area contributed by atoms with Gasteiger partial charge in [0.2, 0.25) is 0 Å². The summed E-state index contributed by atoms with van der Waals surface area (Å²) in [7, 11) is 1.48. The van der Waals surface area contributed by atoms with E-state index in [0.29, 0.717) is 43.7 Å². The van der Waals surface area contributed by atoms with Crippen LogP contribution in [0.25, 0.3) is 0 Å². The standard InChI is InChI=1S/C22H31F2NO4/c1-22(2,3)29-19-10-25-6-5-13-14(16(25)9-17(19)26)8-18(27-4)21(20(13)24)28-11-12-7-15(12)23/h8,12,15-17,19,26H,5-7,9-11H2,1-4H3/t12-,15-,16-,17-,19-/m1/s1. The topological polar surface area (TPSA) is 51.2 Å². The third-order valence-corrected chi connectivity index (χ3v) is 6.08. The maximum atomic E-state index is 15.3. The van der Waals surface area contributed by atoms with E-state index < -0.39 is 18.1 Å². The summed E-state index contributed by atoms with van der Waals surface area (Å²) >= 11 is 0. The Hall–Kier alpha value is -1.44. The fourth-order valence-corrected chi connectivity index (χ4v) is 4.48. The molecule has 1 aromatic carbocycles. The summed E-state index contributed by atoms with van der Waals surface area (Å²) in [6, 6.07) is 1.73. The number of ether oxygens (including phenoxy) is 3. The molecule has 0 bridgehead atoms. The van der Waals surface area contributed by atoms with Crippen molar-refractivity contribution >= 4 is 0 Å². The van der Waals surface area contributed by atoms with Crippen molar-refractivity contribution in [1.29, 1.82) is 0 Å². The molecule has 4 rings (SSSR count). The van der Waals surface area contributed by atoms with E-state index in [4.69, 9.17) is 14.2 Å². The quantitative estimate of drug-likeness (QED) is 0.805. The van der Waals surface area contributed by atoms with Crippen LogP contribution in [0.3, 0.4) is 0 Å². The molecule has 162 valence electrons. The number of hydrogen-bond donors (Lipinski definition) is 1. The van der Waals surface area contributed by atoms with E-state index in [2.05, 4.69) is 4.90 Å². The zero-order valence-corrected chi connectivity index (χ0v) is 17.6. The molecule has 1 aliphatic carbocycles. The molecule has 3 aliphatic rings. The Kier molecular flexibility index (Phi) is 5.51. The van der Waals surface area contributed by atoms with Gasteiger partial charge in [-0.05, 0) is 57.2 Å². The number of alkyl halides is 1. The first-order valence-corrected chi connectivity index (χ1v) is 10.4. The summed E-state index contributed by atoms with van der Waals surface area (Å²) in [6.45, 7) is 7.38. The second-order valence-electron chi connectivity index (χ2n) is 9.44. The van der Waals surface area contributed by atoms with Gasteiger partial charge >= 0.3 is 0 Å². The van der Waals surface area contributed by atoms with Crippen LogP contribution in [-0.2, 0) is 11.2 Å². The Morgan fingerprint density at radius 2 is 2.00 bits per heavy atom. The minimum atomic E-state index is -0.845. The highest BCUT2D eigenvalue weighted by molar-refractivity contribution is 5.51. The van der Waals surface area contributed by atoms with Gasteiger partial charge in [0.15, 0.2) is 17.3 Å². The molecule has 2 fully saturated rings. The zero-order chi connectivity index (χ0) is 20.9. The van der Waals surface area contributed by atoms with Gasteiger partial charge in [-0.3, -0.25) is 4.90 Å². The molecule has 5 atom stereocenters. The van der Waals surface area contributed by atoms with Gasteiger partial charge in [-0.15, -0.1) is 0 Å². The van der Waals surface area contributed by atoms with E-state index in [-0.39, 0.29) is 36.0 Å². The maximum absolute atomic E-state index is 15.3. The third kappa shape index (κ3) is 4.23. The summed E-state index contributed by atoms with van der Waals surface area (Å²) in [5, 5.41) is 10.7. The van der Waals surface area contributed by atoms with Crippen molar-refractivity contribution in [2.45, 2.75) is 70.1 Å². The van der Waals surface area contributed by atoms with Gasteiger partial charge in [-0.25, -0.2) is 8.78 Å². The van der Waals surface area contributed by atoms with Crippen molar-refractivity contribution in [3.05, 3.63) is 23.0 Å². The van der Waals surface area contributed by atoms with Crippen LogP contribution in [0.15, 0.2) is 6.07 Å². The highest BCUT2D eigenvalue weighted by Gasteiger charge is 2.42. The molecule has 29 heavy (non-hydrogen) atoms. The van der Waals surface area contributed by atoms with Gasteiger partial charge in [0.1, 0.15) is 6.17 Å². The van der Waals surface area contributed by atoms with Gasteiger partial charge in [-0.2, -0.15) is 0 Å². The van der Waals surface area contributed by atoms with Crippen LogP contribution in [0.5, 0.6) is 11.5 Å². The molecule has 2 aliphatic heterocycles. The number of aliphatic hydroxyl groups is 1. The number of methoxy groups -OCH3 is 1. The Morgan fingerprint density at radius 1 is 1.28 bits per heavy atom. The lowest BCUT2D eigenvalue weighted by atomic mass is 9.84. The van der Waals surface area contributed by atoms with Crippen LogP contribution in [0.4, 0.5) is 8.78 Å². The molecule has 1 aromatic rings. The largest absolute Gasteiger partial charge is 0.493 e. The number of hydrogen-bond acceptors (Lipinski definition) is 5. The summed E-state index contributed by atoms with van der Waals surface area (Å²) in [5.74, 6) is -0.178. The second kappa shape index (κ2) is 7.67. The maximum Gasteiger partial charge on any atom is 0.197 e. The number of piperidine rings is 1. The monoisotopic (exact) mass is 411 g/mol. The summed E-state index contributed by atoms with van der Waals surface area (Å²) < 4.78 is 45.5. The first kappa shape index (κ1) is 20.8. The number of rotatable bonds is 5.